The van der Waals surface area contributed by atoms with Crippen LogP contribution in [0.2, 0.25) is 5.02 Å². The van der Waals surface area contributed by atoms with Gasteiger partial charge in [-0.15, -0.1) is 5.10 Å². The van der Waals surface area contributed by atoms with Crippen LogP contribution in [0.15, 0.2) is 42.5 Å². The van der Waals surface area contributed by atoms with E-state index >= 15 is 0 Å². The molecular weight excluding hydrogens is 338 g/mol. The van der Waals surface area contributed by atoms with Gasteiger partial charge in [0.05, 0.1) is 13.7 Å². The second kappa shape index (κ2) is 6.94. The van der Waals surface area contributed by atoms with E-state index in [-0.39, 0.29) is 0 Å². The quantitative estimate of drug-likeness (QED) is 0.540. The van der Waals surface area contributed by atoms with Crippen LogP contribution in [0.25, 0.3) is 11.4 Å². The van der Waals surface area contributed by atoms with Gasteiger partial charge in [-0.05, 0) is 42.8 Å². The Morgan fingerprint density at radius 3 is 2.56 bits per heavy atom. The van der Waals surface area contributed by atoms with E-state index in [0.717, 1.165) is 11.1 Å². The largest absolute Gasteiger partial charge is 0.467 e. The number of nitrogens with two attached hydrogens (primary N) is 1. The van der Waals surface area contributed by atoms with Crippen molar-refractivity contribution in [1.29, 1.82) is 5.41 Å². The predicted octanol–water partition coefficient (Wildman–Crippen LogP) is 3.63. The molecule has 0 aliphatic heterocycles. The van der Waals surface area contributed by atoms with Crippen LogP contribution in [0.3, 0.4) is 0 Å². The number of nitrogens with one attached hydrogen (secondary N) is 1. The number of rotatable bonds is 5. The molecule has 0 radical (unpaired) electrons. The van der Waals surface area contributed by atoms with Gasteiger partial charge in [-0.2, -0.15) is 0 Å². The van der Waals surface area contributed by atoms with Crippen LogP contribution in [-0.4, -0.2) is 27.6 Å². The molecule has 0 unspecified atom stereocenters. The van der Waals surface area contributed by atoms with E-state index in [1.54, 1.807) is 20.1 Å². The summed E-state index contributed by atoms with van der Waals surface area (Å²) in [7, 11) is 1.56. The standard InChI is InChI=1S/C18H18ClN5O/c1-11(20)15-9-13(5-8-16(15)21)17-22-23-18(25-2)24(17)10-12-3-6-14(19)7-4-12/h3-9,20H,10,21H2,1-2H3. The van der Waals surface area contributed by atoms with Crippen LogP contribution in [0, 0.1) is 5.41 Å². The molecule has 0 spiro atoms. The molecule has 0 saturated carbocycles. The second-order valence-corrected chi connectivity index (χ2v) is 6.09. The van der Waals surface area contributed by atoms with Crippen LogP contribution in [-0.2, 0) is 6.54 Å². The average Bonchev–Trinajstić information content (AvgIpc) is 3.00. The van der Waals surface area contributed by atoms with Gasteiger partial charge in [-0.1, -0.05) is 28.8 Å². The molecule has 7 heteroatoms. The third kappa shape index (κ3) is 3.49. The van der Waals surface area contributed by atoms with Crippen LogP contribution in [0.5, 0.6) is 6.01 Å². The van der Waals surface area contributed by atoms with Gasteiger partial charge in [-0.25, -0.2) is 0 Å². The minimum absolute atomic E-state index is 0.398. The highest BCUT2D eigenvalue weighted by molar-refractivity contribution is 6.30. The summed E-state index contributed by atoms with van der Waals surface area (Å²) >= 11 is 5.95. The van der Waals surface area contributed by atoms with E-state index in [2.05, 4.69) is 10.2 Å². The van der Waals surface area contributed by atoms with Crippen LogP contribution in [0.4, 0.5) is 5.69 Å². The smallest absolute Gasteiger partial charge is 0.317 e. The SMILES string of the molecule is COc1nnc(-c2ccc(N)c(C(C)=N)c2)n1Cc1ccc(Cl)cc1. The number of halogens is 1. The molecule has 3 aromatic rings. The lowest BCUT2D eigenvalue weighted by Gasteiger charge is -2.11. The fourth-order valence-electron chi connectivity index (χ4n) is 2.59. The molecule has 0 aliphatic rings. The van der Waals surface area contributed by atoms with E-state index in [1.165, 1.54) is 0 Å². The zero-order valence-corrected chi connectivity index (χ0v) is 14.7. The lowest BCUT2D eigenvalue weighted by atomic mass is 10.0. The number of nitrogen functional groups attached to an aromatic ring is 1. The summed E-state index contributed by atoms with van der Waals surface area (Å²) < 4.78 is 7.21. The Bertz CT molecular complexity index is 918. The minimum atomic E-state index is 0.398. The van der Waals surface area contributed by atoms with Gasteiger partial charge >= 0.3 is 6.01 Å². The molecule has 6 nitrogen and oxygen atoms in total. The predicted molar refractivity (Wildman–Crippen MR) is 99.5 cm³/mol. The van der Waals surface area contributed by atoms with Crippen molar-refractivity contribution in [3.63, 3.8) is 0 Å². The first-order chi connectivity index (χ1) is 12.0. The fourth-order valence-corrected chi connectivity index (χ4v) is 2.71. The van der Waals surface area contributed by atoms with Crippen molar-refractivity contribution in [2.24, 2.45) is 0 Å². The number of hydrogen-bond acceptors (Lipinski definition) is 5. The van der Waals surface area contributed by atoms with E-state index < -0.39 is 0 Å². The molecule has 2 aromatic carbocycles. The molecule has 0 bridgehead atoms. The van der Waals surface area contributed by atoms with Gasteiger partial charge < -0.3 is 15.9 Å². The van der Waals surface area contributed by atoms with E-state index in [9.17, 15) is 0 Å². The van der Waals surface area contributed by atoms with E-state index in [4.69, 9.17) is 27.5 Å². The van der Waals surface area contributed by atoms with Gasteiger partial charge in [0, 0.05) is 27.5 Å². The van der Waals surface area contributed by atoms with Gasteiger partial charge in [0.1, 0.15) is 0 Å². The van der Waals surface area contributed by atoms with Gasteiger partial charge in [0.25, 0.3) is 0 Å². The molecule has 1 aromatic heterocycles. The molecule has 0 amide bonds. The molecule has 3 N–H and O–H groups in total. The topological polar surface area (TPSA) is 89.8 Å². The maximum atomic E-state index is 7.87. The Morgan fingerprint density at radius 1 is 1.20 bits per heavy atom. The highest BCUT2D eigenvalue weighted by atomic mass is 35.5. The zero-order chi connectivity index (χ0) is 18.0. The first-order valence-electron chi connectivity index (χ1n) is 7.66. The van der Waals surface area contributed by atoms with E-state index in [1.807, 2.05) is 41.0 Å². The maximum Gasteiger partial charge on any atom is 0.317 e. The monoisotopic (exact) mass is 355 g/mol. The Hall–Kier alpha value is -2.86. The molecule has 0 saturated heterocycles. The summed E-state index contributed by atoms with van der Waals surface area (Å²) in [6.45, 7) is 2.24. The van der Waals surface area contributed by atoms with Crippen molar-refractivity contribution >= 4 is 23.0 Å². The molecule has 128 valence electrons. The van der Waals surface area contributed by atoms with Gasteiger partial charge in [0.2, 0.25) is 0 Å². The number of nitrogens with zero attached hydrogens (tertiary/aromatic N) is 3. The van der Waals surface area contributed by atoms with Crippen molar-refractivity contribution in [2.45, 2.75) is 13.5 Å². The number of ether oxygens (including phenoxy) is 1. The number of hydrogen-bond donors (Lipinski definition) is 2. The highest BCUT2D eigenvalue weighted by Gasteiger charge is 2.16. The Kier molecular flexibility index (Phi) is 4.72. The van der Waals surface area contributed by atoms with Gasteiger partial charge in [-0.3, -0.25) is 4.57 Å². The lowest BCUT2D eigenvalue weighted by molar-refractivity contribution is 0.360. The molecule has 1 heterocycles. The summed E-state index contributed by atoms with van der Waals surface area (Å²) in [5.74, 6) is 0.648. The van der Waals surface area contributed by atoms with Crippen molar-refractivity contribution in [1.82, 2.24) is 14.8 Å². The molecule has 0 fully saturated rings. The summed E-state index contributed by atoms with van der Waals surface area (Å²) in [6.07, 6.45) is 0. The summed E-state index contributed by atoms with van der Waals surface area (Å²) in [6, 6.07) is 13.5. The van der Waals surface area contributed by atoms with Crippen LogP contribution < -0.4 is 10.5 Å². The molecule has 3 rings (SSSR count). The summed E-state index contributed by atoms with van der Waals surface area (Å²) in [5, 5.41) is 16.9. The van der Waals surface area contributed by atoms with Gasteiger partial charge in [0.15, 0.2) is 5.82 Å². The van der Waals surface area contributed by atoms with Crippen LogP contribution >= 0.6 is 11.6 Å². The third-order valence-corrected chi connectivity index (χ3v) is 4.12. The fraction of sp³-hybridized carbons (Fsp3) is 0.167. The normalized spacial score (nSPS) is 10.7. The molecular formula is C18H18ClN5O. The lowest BCUT2D eigenvalue weighted by Crippen LogP contribution is -2.06. The Morgan fingerprint density at radius 2 is 1.92 bits per heavy atom. The van der Waals surface area contributed by atoms with E-state index in [0.29, 0.717) is 40.4 Å². The first kappa shape index (κ1) is 17.0. The zero-order valence-electron chi connectivity index (χ0n) is 14.0. The Labute approximate surface area is 150 Å². The van der Waals surface area contributed by atoms with Crippen molar-refractivity contribution < 1.29 is 4.74 Å². The number of benzene rings is 2. The number of aromatic nitrogens is 3. The second-order valence-electron chi connectivity index (χ2n) is 5.65. The molecule has 0 aliphatic carbocycles. The Balaban J connectivity index is 2.05. The highest BCUT2D eigenvalue weighted by Crippen LogP contribution is 2.26. The van der Waals surface area contributed by atoms with Crippen molar-refractivity contribution in [2.75, 3.05) is 12.8 Å². The third-order valence-electron chi connectivity index (χ3n) is 3.87. The summed E-state index contributed by atoms with van der Waals surface area (Å²) in [5.41, 5.74) is 9.46. The average molecular weight is 356 g/mol. The van der Waals surface area contributed by atoms with Crippen molar-refractivity contribution in [3.05, 3.63) is 58.6 Å². The first-order valence-corrected chi connectivity index (χ1v) is 8.04. The van der Waals surface area contributed by atoms with Crippen LogP contribution in [0.1, 0.15) is 18.1 Å². The summed E-state index contributed by atoms with van der Waals surface area (Å²) in [4.78, 5) is 0. The minimum Gasteiger partial charge on any atom is -0.467 e. The number of methoxy groups -OCH3 is 1. The van der Waals surface area contributed by atoms with Crippen molar-refractivity contribution in [3.8, 4) is 17.4 Å². The molecule has 25 heavy (non-hydrogen) atoms. The number of anilines is 1. The maximum absolute atomic E-state index is 7.87. The molecule has 0 atom stereocenters.